The van der Waals surface area contributed by atoms with E-state index >= 15 is 0 Å². The van der Waals surface area contributed by atoms with Crippen LogP contribution in [0.3, 0.4) is 0 Å². The van der Waals surface area contributed by atoms with E-state index < -0.39 is 125 Å². The summed E-state index contributed by atoms with van der Waals surface area (Å²) in [7, 11) is 0. The minimum Gasteiger partial charge on any atom is -0.458 e. The van der Waals surface area contributed by atoms with Crippen LogP contribution in [0.4, 0.5) is 0 Å². The Kier molecular flexibility index (Phi) is 12.6. The van der Waals surface area contributed by atoms with Crippen molar-refractivity contribution >= 4 is 35.4 Å². The van der Waals surface area contributed by atoms with Gasteiger partial charge in [-0.05, 0) is 68.7 Å². The van der Waals surface area contributed by atoms with Crippen LogP contribution in [0, 0.1) is 28.6 Å². The fourth-order valence-electron chi connectivity index (χ4n) is 9.47. The standard InChI is InChI=1S/C42H57NO14/c1-10-21(2)33(57-40(7,8)28(46)18-52-19-30(43)47)38(51)54-26-16-25-34(55-37(50)24-14-12-11-13-15-24)35-41(9,36(49)32(48)31(22(26)3)39(25,5)6)27(45)17-29-42(35,20-53-29)56-23(4)44/h11-15,21,25-27,29,32-35,45,48H,10,16-20H2,1-9H3,(H2,43,47)/t21?,25?,26-,27-,29+,32+,33+,34+,35?,41+,42-/m0/s1. The molecular weight excluding hydrogens is 742 g/mol. The maximum absolute atomic E-state index is 14.9. The molecule has 1 amide bonds. The molecule has 2 saturated carbocycles. The number of amides is 1. The number of ether oxygens (including phenoxy) is 6. The van der Waals surface area contributed by atoms with Gasteiger partial charge >= 0.3 is 17.9 Å². The first-order valence-electron chi connectivity index (χ1n) is 19.5. The van der Waals surface area contributed by atoms with E-state index in [1.807, 2.05) is 20.8 Å². The van der Waals surface area contributed by atoms with Gasteiger partial charge in [0, 0.05) is 19.3 Å². The summed E-state index contributed by atoms with van der Waals surface area (Å²) in [5.41, 5.74) is -0.0230. The Morgan fingerprint density at radius 2 is 1.67 bits per heavy atom. The number of aliphatic hydroxyl groups is 2. The lowest BCUT2D eigenvalue weighted by Crippen LogP contribution is -2.79. The largest absolute Gasteiger partial charge is 0.458 e. The maximum Gasteiger partial charge on any atom is 0.338 e. The van der Waals surface area contributed by atoms with Crippen LogP contribution in [-0.4, -0.2) is 113 Å². The predicted molar refractivity (Wildman–Crippen MR) is 201 cm³/mol. The molecule has 11 atom stereocenters. The first-order valence-corrected chi connectivity index (χ1v) is 19.5. The van der Waals surface area contributed by atoms with Crippen molar-refractivity contribution in [3.8, 4) is 0 Å². The summed E-state index contributed by atoms with van der Waals surface area (Å²) in [6.07, 6.45) is -7.28. The molecule has 1 aromatic carbocycles. The lowest BCUT2D eigenvalue weighted by molar-refractivity contribution is -0.335. The highest BCUT2D eigenvalue weighted by atomic mass is 16.6. The van der Waals surface area contributed by atoms with Crippen LogP contribution in [-0.2, 0) is 52.4 Å². The molecule has 3 fully saturated rings. The molecule has 0 spiro atoms. The quantitative estimate of drug-likeness (QED) is 0.140. The van der Waals surface area contributed by atoms with Crippen molar-refractivity contribution in [3.05, 3.63) is 47.0 Å². The molecule has 1 saturated heterocycles. The van der Waals surface area contributed by atoms with E-state index in [2.05, 4.69) is 0 Å². The van der Waals surface area contributed by atoms with Crippen molar-refractivity contribution in [2.75, 3.05) is 19.8 Å². The van der Waals surface area contributed by atoms with Crippen molar-refractivity contribution in [2.45, 2.75) is 129 Å². The fourth-order valence-corrected chi connectivity index (χ4v) is 9.47. The zero-order chi connectivity index (χ0) is 42.4. The molecule has 15 nitrogen and oxygen atoms in total. The van der Waals surface area contributed by atoms with Crippen molar-refractivity contribution in [2.24, 2.45) is 34.3 Å². The average Bonchev–Trinajstić information content (AvgIpc) is 3.13. The topological polar surface area (TPSA) is 224 Å². The van der Waals surface area contributed by atoms with E-state index in [4.69, 9.17) is 34.2 Å². The Labute approximate surface area is 332 Å². The van der Waals surface area contributed by atoms with Crippen LogP contribution >= 0.6 is 0 Å². The van der Waals surface area contributed by atoms with Crippen LogP contribution in [0.1, 0.15) is 91.9 Å². The van der Waals surface area contributed by atoms with E-state index in [1.54, 1.807) is 44.2 Å². The second kappa shape index (κ2) is 16.3. The number of benzene rings is 1. The number of esters is 3. The van der Waals surface area contributed by atoms with Crippen LogP contribution in [0.2, 0.25) is 0 Å². The van der Waals surface area contributed by atoms with Gasteiger partial charge in [0.2, 0.25) is 5.91 Å². The normalized spacial score (nSPS) is 32.9. The number of hydrogen-bond donors (Lipinski definition) is 3. The SMILES string of the molecule is CCC(C)[C@@H](OC(C)(C)C(=O)COCC(N)=O)C(=O)O[C@H]1CC2[C@@H](OC(=O)c3ccccc3)C3[C@](C)(C(=O)[C@H](O)C(=C1C)C2(C)C)[C@@H](O)C[C@H]1OC[C@@]31OC(C)=O. The van der Waals surface area contributed by atoms with Gasteiger partial charge in [-0.1, -0.05) is 52.3 Å². The molecule has 4 aliphatic rings. The highest BCUT2D eigenvalue weighted by Crippen LogP contribution is 2.63. The van der Waals surface area contributed by atoms with Crippen LogP contribution in [0.15, 0.2) is 41.5 Å². The van der Waals surface area contributed by atoms with Gasteiger partial charge in [0.15, 0.2) is 23.3 Å². The Morgan fingerprint density at radius 3 is 2.23 bits per heavy atom. The molecule has 0 radical (unpaired) electrons. The van der Waals surface area contributed by atoms with Gasteiger partial charge in [-0.3, -0.25) is 19.2 Å². The smallest absolute Gasteiger partial charge is 0.338 e. The number of rotatable bonds is 14. The second-order valence-electron chi connectivity index (χ2n) is 17.3. The number of carbonyl (C=O) groups excluding carboxylic acids is 6. The predicted octanol–water partition coefficient (Wildman–Crippen LogP) is 2.80. The van der Waals surface area contributed by atoms with Crippen molar-refractivity contribution in [1.29, 1.82) is 0 Å². The molecule has 1 aromatic rings. The van der Waals surface area contributed by atoms with Crippen molar-refractivity contribution in [1.82, 2.24) is 0 Å². The van der Waals surface area contributed by atoms with E-state index in [1.165, 1.54) is 27.7 Å². The lowest BCUT2D eigenvalue weighted by Gasteiger charge is -2.65. The molecule has 15 heteroatoms. The van der Waals surface area contributed by atoms with E-state index in [-0.39, 0.29) is 30.6 Å². The average molecular weight is 800 g/mol. The Hall–Kier alpha value is -4.02. The molecule has 4 N–H and O–H groups in total. The summed E-state index contributed by atoms with van der Waals surface area (Å²) in [4.78, 5) is 80.4. The maximum atomic E-state index is 14.9. The van der Waals surface area contributed by atoms with Crippen LogP contribution in [0.25, 0.3) is 0 Å². The zero-order valence-electron chi connectivity index (χ0n) is 34.2. The molecule has 3 aliphatic carbocycles. The summed E-state index contributed by atoms with van der Waals surface area (Å²) in [6.45, 7) is 13.4. The number of aliphatic hydroxyl groups excluding tert-OH is 2. The van der Waals surface area contributed by atoms with Gasteiger partial charge in [-0.25, -0.2) is 9.59 Å². The Bertz CT molecular complexity index is 1790. The monoisotopic (exact) mass is 799 g/mol. The minimum atomic E-state index is -1.81. The van der Waals surface area contributed by atoms with Gasteiger partial charge in [-0.15, -0.1) is 0 Å². The molecule has 0 aromatic heterocycles. The molecule has 57 heavy (non-hydrogen) atoms. The second-order valence-corrected chi connectivity index (χ2v) is 17.3. The molecule has 2 bridgehead atoms. The molecule has 1 aliphatic heterocycles. The van der Waals surface area contributed by atoms with Gasteiger partial charge in [-0.2, -0.15) is 0 Å². The Balaban J connectivity index is 1.61. The third-order valence-electron chi connectivity index (χ3n) is 12.9. The van der Waals surface area contributed by atoms with E-state index in [0.29, 0.717) is 12.0 Å². The number of nitrogens with two attached hydrogens (primary N) is 1. The third kappa shape index (κ3) is 7.93. The van der Waals surface area contributed by atoms with Crippen molar-refractivity contribution < 1.29 is 67.4 Å². The van der Waals surface area contributed by atoms with E-state index in [0.717, 1.165) is 0 Å². The summed E-state index contributed by atoms with van der Waals surface area (Å²) in [5, 5.41) is 24.0. The number of primary amides is 1. The van der Waals surface area contributed by atoms with Gasteiger partial charge < -0.3 is 44.4 Å². The van der Waals surface area contributed by atoms with Gasteiger partial charge in [0.05, 0.1) is 29.6 Å². The summed E-state index contributed by atoms with van der Waals surface area (Å²) < 4.78 is 36.0. The van der Waals surface area contributed by atoms with Gasteiger partial charge in [0.1, 0.15) is 43.2 Å². The summed E-state index contributed by atoms with van der Waals surface area (Å²) >= 11 is 0. The molecule has 314 valence electrons. The zero-order valence-corrected chi connectivity index (χ0v) is 34.2. The third-order valence-corrected chi connectivity index (χ3v) is 12.9. The molecular formula is C42H57NO14. The number of Topliss-reactive ketones (excluding diaryl/α,β-unsaturated/α-hetero) is 2. The number of fused-ring (bicyclic) bond motifs is 5. The lowest BCUT2D eigenvalue weighted by atomic mass is 9.46. The first-order chi connectivity index (χ1) is 26.5. The highest BCUT2D eigenvalue weighted by molar-refractivity contribution is 5.94. The minimum absolute atomic E-state index is 0.0164. The number of carbonyl (C=O) groups is 6. The molecule has 1 heterocycles. The van der Waals surface area contributed by atoms with Crippen molar-refractivity contribution in [3.63, 3.8) is 0 Å². The number of hydrogen-bond acceptors (Lipinski definition) is 14. The fraction of sp³-hybridized carbons (Fsp3) is 0.667. The first kappa shape index (κ1) is 44.1. The summed E-state index contributed by atoms with van der Waals surface area (Å²) in [6, 6.07) is 8.22. The summed E-state index contributed by atoms with van der Waals surface area (Å²) in [5.74, 6) is -6.78. The van der Waals surface area contributed by atoms with Crippen LogP contribution < -0.4 is 5.73 Å². The number of ketones is 2. The highest BCUT2D eigenvalue weighted by Gasteiger charge is 2.75. The van der Waals surface area contributed by atoms with E-state index in [9.17, 15) is 39.0 Å². The Morgan fingerprint density at radius 1 is 1.02 bits per heavy atom. The van der Waals surface area contributed by atoms with Gasteiger partial charge in [0.25, 0.3) is 0 Å². The van der Waals surface area contributed by atoms with Crippen LogP contribution in [0.5, 0.6) is 0 Å². The molecule has 5 rings (SSSR count). The molecule has 3 unspecified atom stereocenters.